The molecule has 0 bridgehead atoms. The Morgan fingerprint density at radius 2 is 1.77 bits per heavy atom. The minimum Gasteiger partial charge on any atom is -0.504 e. The standard InChI is InChI=1S/C25H25N3O3/c1-31-23-14-18(13-22(29)24(23)30)25-26-20-8-7-19(15-21(20)27-25)28-11-9-17(10-12-28)16-5-3-2-4-6-16/h2-8,13-15,17,29-30H,9-12H2,1H3,(H,26,27). The summed E-state index contributed by atoms with van der Waals surface area (Å²) in [5, 5.41) is 19.9. The Balaban J connectivity index is 1.38. The quantitative estimate of drug-likeness (QED) is 0.407. The van der Waals surface area contributed by atoms with Gasteiger partial charge in [-0.2, -0.15) is 0 Å². The van der Waals surface area contributed by atoms with E-state index >= 15 is 0 Å². The van der Waals surface area contributed by atoms with E-state index in [0.29, 0.717) is 17.3 Å². The number of benzene rings is 3. The number of fused-ring (bicyclic) bond motifs is 1. The number of rotatable bonds is 4. The lowest BCUT2D eigenvalue weighted by atomic mass is 9.89. The third-order valence-electron chi connectivity index (χ3n) is 6.14. The minimum atomic E-state index is -0.274. The van der Waals surface area contributed by atoms with Gasteiger partial charge in [0.2, 0.25) is 5.75 Å². The summed E-state index contributed by atoms with van der Waals surface area (Å²) in [5.74, 6) is 0.929. The van der Waals surface area contributed by atoms with Crippen molar-refractivity contribution in [2.24, 2.45) is 0 Å². The molecule has 1 aromatic heterocycles. The molecule has 1 saturated heterocycles. The second-order valence-electron chi connectivity index (χ2n) is 8.01. The van der Waals surface area contributed by atoms with E-state index in [0.717, 1.165) is 37.0 Å². The lowest BCUT2D eigenvalue weighted by Crippen LogP contribution is -2.32. The molecule has 6 nitrogen and oxygen atoms in total. The largest absolute Gasteiger partial charge is 0.504 e. The fourth-order valence-corrected chi connectivity index (χ4v) is 4.41. The Morgan fingerprint density at radius 1 is 1.00 bits per heavy atom. The van der Waals surface area contributed by atoms with Gasteiger partial charge < -0.3 is 24.8 Å². The van der Waals surface area contributed by atoms with Gasteiger partial charge in [0.05, 0.1) is 18.1 Å². The van der Waals surface area contributed by atoms with Crippen molar-refractivity contribution in [3.63, 3.8) is 0 Å². The summed E-state index contributed by atoms with van der Waals surface area (Å²) < 4.78 is 5.14. The molecule has 158 valence electrons. The minimum absolute atomic E-state index is 0.206. The van der Waals surface area contributed by atoms with Gasteiger partial charge in [0.25, 0.3) is 0 Å². The molecule has 0 radical (unpaired) electrons. The van der Waals surface area contributed by atoms with Crippen molar-refractivity contribution < 1.29 is 14.9 Å². The maximum Gasteiger partial charge on any atom is 0.200 e. The van der Waals surface area contributed by atoms with Crippen molar-refractivity contribution >= 4 is 16.7 Å². The van der Waals surface area contributed by atoms with Crippen molar-refractivity contribution in [2.75, 3.05) is 25.1 Å². The van der Waals surface area contributed by atoms with Crippen LogP contribution in [0.4, 0.5) is 5.69 Å². The lowest BCUT2D eigenvalue weighted by molar-refractivity contribution is 0.351. The summed E-state index contributed by atoms with van der Waals surface area (Å²) in [7, 11) is 1.45. The van der Waals surface area contributed by atoms with E-state index in [-0.39, 0.29) is 17.2 Å². The number of methoxy groups -OCH3 is 1. The molecule has 0 atom stereocenters. The zero-order chi connectivity index (χ0) is 21.4. The maximum absolute atomic E-state index is 9.99. The number of nitrogens with zero attached hydrogens (tertiary/aromatic N) is 2. The predicted molar refractivity (Wildman–Crippen MR) is 122 cm³/mol. The number of imidazole rings is 1. The number of phenols is 2. The van der Waals surface area contributed by atoms with Gasteiger partial charge in [-0.05, 0) is 54.7 Å². The lowest BCUT2D eigenvalue weighted by Gasteiger charge is -2.33. The summed E-state index contributed by atoms with van der Waals surface area (Å²) >= 11 is 0. The van der Waals surface area contributed by atoms with Crippen LogP contribution in [0.2, 0.25) is 0 Å². The number of ether oxygens (including phenoxy) is 1. The Bertz CT molecular complexity index is 1210. The smallest absolute Gasteiger partial charge is 0.200 e. The van der Waals surface area contributed by atoms with E-state index in [4.69, 9.17) is 4.74 Å². The molecule has 1 aliphatic heterocycles. The van der Waals surface area contributed by atoms with E-state index in [1.807, 2.05) is 6.07 Å². The molecule has 31 heavy (non-hydrogen) atoms. The average Bonchev–Trinajstić information content (AvgIpc) is 3.25. The number of H-pyrrole nitrogens is 1. The third kappa shape index (κ3) is 3.65. The highest BCUT2D eigenvalue weighted by Gasteiger charge is 2.21. The molecule has 1 aliphatic rings. The Labute approximate surface area is 180 Å². The number of phenolic OH excluding ortho intramolecular Hbond substituents is 2. The third-order valence-corrected chi connectivity index (χ3v) is 6.14. The normalized spacial score (nSPS) is 14.8. The number of hydrogen-bond donors (Lipinski definition) is 3. The molecular weight excluding hydrogens is 390 g/mol. The molecule has 0 aliphatic carbocycles. The van der Waals surface area contributed by atoms with Crippen LogP contribution in [0, 0.1) is 0 Å². The highest BCUT2D eigenvalue weighted by Crippen LogP contribution is 2.39. The van der Waals surface area contributed by atoms with Gasteiger partial charge in [-0.25, -0.2) is 4.98 Å². The van der Waals surface area contributed by atoms with E-state index < -0.39 is 0 Å². The Morgan fingerprint density at radius 3 is 2.52 bits per heavy atom. The summed E-state index contributed by atoms with van der Waals surface area (Å²) in [6.45, 7) is 2.05. The van der Waals surface area contributed by atoms with Gasteiger partial charge in [0.15, 0.2) is 11.5 Å². The van der Waals surface area contributed by atoms with Crippen LogP contribution in [0.15, 0.2) is 60.7 Å². The number of anilines is 1. The zero-order valence-corrected chi connectivity index (χ0v) is 17.4. The molecule has 2 heterocycles. The number of nitrogens with one attached hydrogen (secondary N) is 1. The molecule has 0 amide bonds. The van der Waals surface area contributed by atoms with E-state index in [1.54, 1.807) is 6.07 Å². The van der Waals surface area contributed by atoms with Crippen molar-refractivity contribution in [2.45, 2.75) is 18.8 Å². The monoisotopic (exact) mass is 415 g/mol. The second kappa shape index (κ2) is 7.87. The van der Waals surface area contributed by atoms with Crippen LogP contribution in [-0.4, -0.2) is 40.4 Å². The van der Waals surface area contributed by atoms with Crippen molar-refractivity contribution in [1.82, 2.24) is 9.97 Å². The van der Waals surface area contributed by atoms with Crippen molar-refractivity contribution in [3.05, 3.63) is 66.2 Å². The zero-order valence-electron chi connectivity index (χ0n) is 17.4. The maximum atomic E-state index is 9.99. The van der Waals surface area contributed by atoms with Gasteiger partial charge in [0.1, 0.15) is 5.82 Å². The Kier molecular flexibility index (Phi) is 4.90. The van der Waals surface area contributed by atoms with Crippen LogP contribution in [0.3, 0.4) is 0 Å². The molecular formula is C25H25N3O3. The summed E-state index contributed by atoms with van der Waals surface area (Å²) in [5.41, 5.74) is 5.05. The van der Waals surface area contributed by atoms with Gasteiger partial charge in [-0.3, -0.25) is 0 Å². The van der Waals surface area contributed by atoms with Crippen LogP contribution < -0.4 is 9.64 Å². The number of aromatic nitrogens is 2. The van der Waals surface area contributed by atoms with E-state index in [1.165, 1.54) is 24.4 Å². The second-order valence-corrected chi connectivity index (χ2v) is 8.01. The van der Waals surface area contributed by atoms with Crippen molar-refractivity contribution in [1.29, 1.82) is 0 Å². The molecule has 0 saturated carbocycles. The molecule has 3 N–H and O–H groups in total. The number of aromatic hydroxyl groups is 2. The van der Waals surface area contributed by atoms with Crippen molar-refractivity contribution in [3.8, 4) is 28.6 Å². The topological polar surface area (TPSA) is 81.6 Å². The van der Waals surface area contributed by atoms with E-state index in [9.17, 15) is 10.2 Å². The first-order valence-electron chi connectivity index (χ1n) is 10.5. The molecule has 0 unspecified atom stereocenters. The van der Waals surface area contributed by atoms with Gasteiger partial charge in [-0.1, -0.05) is 30.3 Å². The van der Waals surface area contributed by atoms with Crippen LogP contribution in [-0.2, 0) is 0 Å². The van der Waals surface area contributed by atoms with Gasteiger partial charge >= 0.3 is 0 Å². The fraction of sp³-hybridized carbons (Fsp3) is 0.240. The molecule has 6 heteroatoms. The molecule has 1 fully saturated rings. The highest BCUT2D eigenvalue weighted by atomic mass is 16.5. The molecule has 4 aromatic rings. The fourth-order valence-electron chi connectivity index (χ4n) is 4.41. The van der Waals surface area contributed by atoms with E-state index in [2.05, 4.69) is 57.3 Å². The molecule has 0 spiro atoms. The number of aromatic amines is 1. The average molecular weight is 415 g/mol. The van der Waals surface area contributed by atoms with Crippen LogP contribution >= 0.6 is 0 Å². The first-order chi connectivity index (χ1) is 15.1. The molecule has 5 rings (SSSR count). The highest BCUT2D eigenvalue weighted by molar-refractivity contribution is 5.83. The number of piperidine rings is 1. The first-order valence-corrected chi connectivity index (χ1v) is 10.5. The van der Waals surface area contributed by atoms with Crippen LogP contribution in [0.5, 0.6) is 17.2 Å². The van der Waals surface area contributed by atoms with Gasteiger partial charge in [0, 0.05) is 24.3 Å². The number of hydrogen-bond acceptors (Lipinski definition) is 5. The summed E-state index contributed by atoms with van der Waals surface area (Å²) in [6.07, 6.45) is 2.28. The van der Waals surface area contributed by atoms with Gasteiger partial charge in [-0.15, -0.1) is 0 Å². The summed E-state index contributed by atoms with van der Waals surface area (Å²) in [6, 6.07) is 20.2. The Hall–Kier alpha value is -3.67. The SMILES string of the molecule is COc1cc(-c2nc3ccc(N4CCC(c5ccccc5)CC4)cc3[nH]2)cc(O)c1O. The predicted octanol–water partition coefficient (Wildman–Crippen LogP) is 5.03. The molecule has 3 aromatic carbocycles. The van der Waals surface area contributed by atoms with Crippen LogP contribution in [0.1, 0.15) is 24.3 Å². The summed E-state index contributed by atoms with van der Waals surface area (Å²) in [4.78, 5) is 10.4. The van der Waals surface area contributed by atoms with Crippen LogP contribution in [0.25, 0.3) is 22.4 Å². The first kappa shape index (κ1) is 19.3.